The number of rotatable bonds is 6. The lowest BCUT2D eigenvalue weighted by atomic mass is 10.1. The normalized spacial score (nSPS) is 13.8. The van der Waals surface area contributed by atoms with E-state index in [2.05, 4.69) is 0 Å². The predicted octanol–water partition coefficient (Wildman–Crippen LogP) is 5.12. The Hall–Kier alpha value is -3.71. The Morgan fingerprint density at radius 2 is 1.52 bits per heavy atom. The first-order chi connectivity index (χ1) is 15.0. The fourth-order valence-electron chi connectivity index (χ4n) is 3.31. The average Bonchev–Trinajstić information content (AvgIpc) is 3.03. The van der Waals surface area contributed by atoms with Gasteiger partial charge < -0.3 is 0 Å². The second-order valence-corrected chi connectivity index (χ2v) is 8.05. The highest BCUT2D eigenvalue weighted by atomic mass is 32.2. The number of non-ortho nitro benzene ring substituents is 1. The minimum atomic E-state index is -0.497. The van der Waals surface area contributed by atoms with Crippen molar-refractivity contribution in [2.24, 2.45) is 0 Å². The maximum atomic E-state index is 13.3. The van der Waals surface area contributed by atoms with E-state index in [9.17, 15) is 19.7 Å². The predicted molar refractivity (Wildman–Crippen MR) is 121 cm³/mol. The van der Waals surface area contributed by atoms with Crippen LogP contribution >= 0.6 is 11.8 Å². The number of imide groups is 1. The van der Waals surface area contributed by atoms with Crippen LogP contribution in [0.4, 0.5) is 11.4 Å². The summed E-state index contributed by atoms with van der Waals surface area (Å²) in [5.74, 6) is -0.297. The number of benzene rings is 3. The van der Waals surface area contributed by atoms with Crippen molar-refractivity contribution in [1.82, 2.24) is 0 Å². The Kier molecular flexibility index (Phi) is 5.68. The zero-order valence-corrected chi connectivity index (χ0v) is 17.5. The zero-order valence-electron chi connectivity index (χ0n) is 16.6. The third-order valence-electron chi connectivity index (χ3n) is 4.93. The van der Waals surface area contributed by atoms with Gasteiger partial charge in [-0.1, -0.05) is 48.0 Å². The quantitative estimate of drug-likeness (QED) is 0.308. The van der Waals surface area contributed by atoms with Gasteiger partial charge in [-0.15, -0.1) is 11.8 Å². The SMILES string of the molecule is Cc1ccc(N2C(=O)C(SCc3ccccc3)=C(c3ccc([N+](=O)[O-])cc3)C2=O)cc1. The molecule has 1 aliphatic rings. The minimum Gasteiger partial charge on any atom is -0.268 e. The molecular formula is C24H18N2O4S. The fraction of sp³-hybridized carbons (Fsp3) is 0.0833. The summed E-state index contributed by atoms with van der Waals surface area (Å²) in [5.41, 5.74) is 3.21. The van der Waals surface area contributed by atoms with Gasteiger partial charge in [0.1, 0.15) is 0 Å². The molecule has 0 N–H and O–H groups in total. The number of anilines is 1. The van der Waals surface area contributed by atoms with Crippen LogP contribution in [0.25, 0.3) is 5.57 Å². The van der Waals surface area contributed by atoms with Crippen LogP contribution < -0.4 is 4.90 Å². The van der Waals surface area contributed by atoms with E-state index in [1.165, 1.54) is 40.9 Å². The number of carbonyl (C=O) groups is 2. The number of thioether (sulfide) groups is 1. The maximum Gasteiger partial charge on any atom is 0.272 e. The fourth-order valence-corrected chi connectivity index (χ4v) is 4.37. The molecule has 0 saturated heterocycles. The molecule has 1 heterocycles. The second-order valence-electron chi connectivity index (χ2n) is 7.06. The molecule has 0 atom stereocenters. The van der Waals surface area contributed by atoms with Gasteiger partial charge in [0.2, 0.25) is 0 Å². The van der Waals surface area contributed by atoms with E-state index in [-0.39, 0.29) is 17.2 Å². The third kappa shape index (κ3) is 4.13. The van der Waals surface area contributed by atoms with Crippen LogP contribution in [-0.4, -0.2) is 16.7 Å². The van der Waals surface area contributed by atoms with E-state index in [1.54, 1.807) is 12.1 Å². The van der Waals surface area contributed by atoms with Crippen molar-refractivity contribution in [2.75, 3.05) is 4.90 Å². The van der Waals surface area contributed by atoms with Gasteiger partial charge >= 0.3 is 0 Å². The van der Waals surface area contributed by atoms with Crippen molar-refractivity contribution in [3.63, 3.8) is 0 Å². The summed E-state index contributed by atoms with van der Waals surface area (Å²) >= 11 is 1.30. The molecular weight excluding hydrogens is 412 g/mol. The van der Waals surface area contributed by atoms with E-state index in [0.29, 0.717) is 21.9 Å². The molecule has 3 aromatic carbocycles. The molecule has 31 heavy (non-hydrogen) atoms. The molecule has 0 radical (unpaired) electrons. The molecule has 3 aromatic rings. The molecule has 4 rings (SSSR count). The lowest BCUT2D eigenvalue weighted by Gasteiger charge is -2.15. The van der Waals surface area contributed by atoms with Crippen LogP contribution in [0.1, 0.15) is 16.7 Å². The van der Waals surface area contributed by atoms with Crippen LogP contribution in [0.15, 0.2) is 83.8 Å². The molecule has 2 amide bonds. The molecule has 7 heteroatoms. The number of amides is 2. The lowest BCUT2D eigenvalue weighted by Crippen LogP contribution is -2.31. The summed E-state index contributed by atoms with van der Waals surface area (Å²) in [6.45, 7) is 1.93. The second kappa shape index (κ2) is 8.57. The van der Waals surface area contributed by atoms with E-state index in [0.717, 1.165) is 11.1 Å². The van der Waals surface area contributed by atoms with E-state index < -0.39 is 10.8 Å². The number of nitrogens with zero attached hydrogens (tertiary/aromatic N) is 2. The van der Waals surface area contributed by atoms with Crippen LogP contribution in [0.3, 0.4) is 0 Å². The minimum absolute atomic E-state index is 0.0741. The van der Waals surface area contributed by atoms with E-state index in [4.69, 9.17) is 0 Å². The molecule has 6 nitrogen and oxygen atoms in total. The smallest absolute Gasteiger partial charge is 0.268 e. The van der Waals surface area contributed by atoms with Crippen LogP contribution in [0.5, 0.6) is 0 Å². The van der Waals surface area contributed by atoms with Crippen LogP contribution in [0, 0.1) is 17.0 Å². The van der Waals surface area contributed by atoms with Crippen molar-refractivity contribution in [1.29, 1.82) is 0 Å². The largest absolute Gasteiger partial charge is 0.272 e. The van der Waals surface area contributed by atoms with Gasteiger partial charge in [0.25, 0.3) is 17.5 Å². The van der Waals surface area contributed by atoms with E-state index >= 15 is 0 Å². The summed E-state index contributed by atoms with van der Waals surface area (Å²) in [4.78, 5) is 38.7. The van der Waals surface area contributed by atoms with Gasteiger partial charge in [-0.25, -0.2) is 4.90 Å². The van der Waals surface area contributed by atoms with Crippen molar-refractivity contribution in [3.8, 4) is 0 Å². The molecule has 0 saturated carbocycles. The van der Waals surface area contributed by atoms with Crippen molar-refractivity contribution in [2.45, 2.75) is 12.7 Å². The van der Waals surface area contributed by atoms with Gasteiger partial charge in [0, 0.05) is 17.9 Å². The van der Waals surface area contributed by atoms with Gasteiger partial charge in [0.15, 0.2) is 0 Å². The van der Waals surface area contributed by atoms with Crippen molar-refractivity contribution >= 4 is 40.5 Å². The molecule has 0 unspecified atom stereocenters. The average molecular weight is 430 g/mol. The summed E-state index contributed by atoms with van der Waals surface area (Å²) in [5, 5.41) is 11.0. The Morgan fingerprint density at radius 3 is 2.13 bits per heavy atom. The van der Waals surface area contributed by atoms with Gasteiger partial charge in [-0.05, 0) is 42.3 Å². The Bertz CT molecular complexity index is 1190. The molecule has 0 aliphatic carbocycles. The van der Waals surface area contributed by atoms with Crippen LogP contribution in [-0.2, 0) is 15.3 Å². The summed E-state index contributed by atoms with van der Waals surface area (Å²) in [6.07, 6.45) is 0. The lowest BCUT2D eigenvalue weighted by molar-refractivity contribution is -0.384. The van der Waals surface area contributed by atoms with Crippen molar-refractivity contribution in [3.05, 3.63) is 111 Å². The molecule has 1 aliphatic heterocycles. The Balaban J connectivity index is 1.74. The van der Waals surface area contributed by atoms with Gasteiger partial charge in [-0.2, -0.15) is 0 Å². The molecule has 0 bridgehead atoms. The number of aryl methyl sites for hydroxylation is 1. The van der Waals surface area contributed by atoms with Crippen molar-refractivity contribution < 1.29 is 14.5 Å². The zero-order chi connectivity index (χ0) is 22.0. The molecule has 0 aromatic heterocycles. The Morgan fingerprint density at radius 1 is 0.871 bits per heavy atom. The summed E-state index contributed by atoms with van der Waals surface area (Å²) < 4.78 is 0. The Labute approximate surface area is 183 Å². The maximum absolute atomic E-state index is 13.3. The highest BCUT2D eigenvalue weighted by Crippen LogP contribution is 2.39. The van der Waals surface area contributed by atoms with Crippen LogP contribution in [0.2, 0.25) is 0 Å². The molecule has 0 fully saturated rings. The molecule has 0 spiro atoms. The molecule has 154 valence electrons. The first kappa shape index (κ1) is 20.6. The summed E-state index contributed by atoms with van der Waals surface area (Å²) in [6, 6.07) is 22.5. The monoisotopic (exact) mass is 430 g/mol. The standard InChI is InChI=1S/C24H18N2O4S/c1-16-7-11-19(12-8-16)25-23(27)21(18-9-13-20(14-10-18)26(29)30)22(24(25)28)31-15-17-5-3-2-4-6-17/h2-14H,15H2,1H3. The first-order valence-corrected chi connectivity index (χ1v) is 10.6. The highest BCUT2D eigenvalue weighted by Gasteiger charge is 2.40. The summed E-state index contributed by atoms with van der Waals surface area (Å²) in [7, 11) is 0. The number of hydrogen-bond donors (Lipinski definition) is 0. The van der Waals surface area contributed by atoms with Gasteiger partial charge in [0.05, 0.1) is 21.1 Å². The third-order valence-corrected chi connectivity index (χ3v) is 6.07. The van der Waals surface area contributed by atoms with E-state index in [1.807, 2.05) is 49.4 Å². The number of hydrogen-bond acceptors (Lipinski definition) is 5. The first-order valence-electron chi connectivity index (χ1n) is 9.57. The highest BCUT2D eigenvalue weighted by molar-refractivity contribution is 8.03. The number of carbonyl (C=O) groups excluding carboxylic acids is 2. The number of nitro benzene ring substituents is 1. The topological polar surface area (TPSA) is 80.5 Å². The van der Waals surface area contributed by atoms with Gasteiger partial charge in [-0.3, -0.25) is 19.7 Å². The number of nitro groups is 1.